The summed E-state index contributed by atoms with van der Waals surface area (Å²) >= 11 is 0. The highest BCUT2D eigenvalue weighted by Gasteiger charge is 2.37. The third-order valence-corrected chi connectivity index (χ3v) is 6.31. The molecule has 0 bridgehead atoms. The van der Waals surface area contributed by atoms with E-state index in [-0.39, 0.29) is 17.7 Å². The van der Waals surface area contributed by atoms with Crippen LogP contribution in [0.4, 0.5) is 4.79 Å². The lowest BCUT2D eigenvalue weighted by Crippen LogP contribution is -2.53. The fraction of sp³-hybridized carbons (Fsp3) is 0.700. The Balaban J connectivity index is 3.48. The van der Waals surface area contributed by atoms with E-state index in [2.05, 4.69) is 24.5 Å². The van der Waals surface area contributed by atoms with Gasteiger partial charge in [0.05, 0.1) is 0 Å². The molecule has 0 saturated carbocycles. The number of nitrogens with one attached hydrogen (secondary N) is 2. The topological polar surface area (TPSA) is 87.7 Å². The highest BCUT2D eigenvalue weighted by molar-refractivity contribution is 5.92. The van der Waals surface area contributed by atoms with E-state index < -0.39 is 23.8 Å². The van der Waals surface area contributed by atoms with Gasteiger partial charge >= 0.3 is 6.09 Å². The summed E-state index contributed by atoms with van der Waals surface area (Å²) in [7, 11) is 0. The second kappa shape index (κ2) is 15.6. The van der Waals surface area contributed by atoms with Gasteiger partial charge in [0.2, 0.25) is 11.8 Å². The maximum absolute atomic E-state index is 14.2. The van der Waals surface area contributed by atoms with E-state index in [1.807, 2.05) is 45.9 Å². The van der Waals surface area contributed by atoms with E-state index in [0.717, 1.165) is 48.8 Å². The number of unbranched alkanes of at least 4 members (excludes halogenated alkanes) is 3. The summed E-state index contributed by atoms with van der Waals surface area (Å²) < 4.78 is 5.46. The second-order valence-corrected chi connectivity index (χ2v) is 11.4. The molecule has 0 aliphatic carbocycles. The van der Waals surface area contributed by atoms with Gasteiger partial charge in [0, 0.05) is 13.1 Å². The Morgan fingerprint density at radius 3 is 2.22 bits per heavy atom. The number of amides is 3. The van der Waals surface area contributed by atoms with Gasteiger partial charge in [0.1, 0.15) is 17.7 Å². The van der Waals surface area contributed by atoms with Gasteiger partial charge in [-0.25, -0.2) is 4.79 Å². The number of nitrogens with zero attached hydrogens (tertiary/aromatic N) is 1. The average molecular weight is 518 g/mol. The number of aryl methyl sites for hydroxylation is 1. The minimum Gasteiger partial charge on any atom is -0.444 e. The SMILES string of the molecule is CCCCCNC(=O)C(c1cccc(C)c1C)N(CCCC)C(=O)C(CC(C)C)NC(=O)OC(C)(C)C. The van der Waals surface area contributed by atoms with Crippen LogP contribution in [-0.2, 0) is 14.3 Å². The van der Waals surface area contributed by atoms with Crippen molar-refractivity contribution >= 4 is 17.9 Å². The van der Waals surface area contributed by atoms with E-state index in [0.29, 0.717) is 19.5 Å². The summed E-state index contributed by atoms with van der Waals surface area (Å²) in [5, 5.41) is 5.89. The van der Waals surface area contributed by atoms with E-state index >= 15 is 0 Å². The third-order valence-electron chi connectivity index (χ3n) is 6.31. The summed E-state index contributed by atoms with van der Waals surface area (Å²) in [4.78, 5) is 42.2. The monoisotopic (exact) mass is 517 g/mol. The quantitative estimate of drug-likeness (QED) is 0.287. The number of carbonyl (C=O) groups excluding carboxylic acids is 3. The average Bonchev–Trinajstić information content (AvgIpc) is 2.79. The highest BCUT2D eigenvalue weighted by atomic mass is 16.6. The summed E-state index contributed by atoms with van der Waals surface area (Å²) in [6.07, 6.45) is 4.41. The van der Waals surface area contributed by atoms with Crippen molar-refractivity contribution in [3.05, 3.63) is 34.9 Å². The van der Waals surface area contributed by atoms with E-state index in [9.17, 15) is 14.4 Å². The number of carbonyl (C=O) groups is 3. The molecular weight excluding hydrogens is 466 g/mol. The smallest absolute Gasteiger partial charge is 0.408 e. The van der Waals surface area contributed by atoms with Gasteiger partial charge < -0.3 is 20.3 Å². The van der Waals surface area contributed by atoms with Gasteiger partial charge in [-0.1, -0.05) is 65.2 Å². The van der Waals surface area contributed by atoms with Crippen LogP contribution in [0.3, 0.4) is 0 Å². The Bertz CT molecular complexity index is 876. The molecule has 0 radical (unpaired) electrons. The van der Waals surface area contributed by atoms with Crippen LogP contribution in [0.5, 0.6) is 0 Å². The number of benzene rings is 1. The van der Waals surface area contributed by atoms with Crippen molar-refractivity contribution in [1.29, 1.82) is 0 Å². The van der Waals surface area contributed by atoms with Crippen LogP contribution in [-0.4, -0.2) is 47.5 Å². The molecule has 2 N–H and O–H groups in total. The molecule has 2 unspecified atom stereocenters. The first kappa shape index (κ1) is 32.5. The molecule has 0 aliphatic rings. The summed E-state index contributed by atoms with van der Waals surface area (Å²) in [5.41, 5.74) is 2.19. The lowest BCUT2D eigenvalue weighted by Gasteiger charge is -2.35. The van der Waals surface area contributed by atoms with Crippen LogP contribution in [0.2, 0.25) is 0 Å². The van der Waals surface area contributed by atoms with Gasteiger partial charge in [-0.15, -0.1) is 0 Å². The maximum atomic E-state index is 14.2. The highest BCUT2D eigenvalue weighted by Crippen LogP contribution is 2.28. The largest absolute Gasteiger partial charge is 0.444 e. The van der Waals surface area contributed by atoms with Crippen LogP contribution in [0.15, 0.2) is 18.2 Å². The zero-order valence-corrected chi connectivity index (χ0v) is 24.7. The lowest BCUT2D eigenvalue weighted by atomic mass is 9.94. The molecule has 0 heterocycles. The van der Waals surface area contributed by atoms with Gasteiger partial charge in [-0.05, 0) is 76.5 Å². The van der Waals surface area contributed by atoms with Crippen LogP contribution in [0.1, 0.15) is 110 Å². The minimum absolute atomic E-state index is 0.152. The Hall–Kier alpha value is -2.57. The number of ether oxygens (including phenoxy) is 1. The summed E-state index contributed by atoms with van der Waals surface area (Å²) in [6, 6.07) is 4.30. The van der Waals surface area contributed by atoms with Crippen molar-refractivity contribution in [2.75, 3.05) is 13.1 Å². The molecule has 0 saturated heterocycles. The number of rotatable bonds is 14. The Morgan fingerprint density at radius 2 is 1.65 bits per heavy atom. The van der Waals surface area contributed by atoms with Crippen molar-refractivity contribution in [3.8, 4) is 0 Å². The van der Waals surface area contributed by atoms with Crippen molar-refractivity contribution < 1.29 is 19.1 Å². The van der Waals surface area contributed by atoms with Crippen LogP contribution >= 0.6 is 0 Å². The summed E-state index contributed by atoms with van der Waals surface area (Å²) in [5.74, 6) is -0.295. The van der Waals surface area contributed by atoms with Gasteiger partial charge in [-0.3, -0.25) is 9.59 Å². The molecule has 3 amide bonds. The van der Waals surface area contributed by atoms with Crippen LogP contribution in [0.25, 0.3) is 0 Å². The molecule has 7 nitrogen and oxygen atoms in total. The predicted molar refractivity (Wildman–Crippen MR) is 150 cm³/mol. The molecule has 1 rings (SSSR count). The standard InChI is InChI=1S/C30H51N3O4/c1-10-12-14-18-31-27(34)26(24-17-15-16-22(5)23(24)6)33(19-13-11-2)28(35)25(20-21(3)4)32-29(36)37-30(7,8)9/h15-17,21,25-26H,10-14,18-20H2,1-9H3,(H,31,34)(H,32,36). The molecule has 2 atom stereocenters. The lowest BCUT2D eigenvalue weighted by molar-refractivity contribution is -0.143. The predicted octanol–water partition coefficient (Wildman–Crippen LogP) is 6.22. The molecule has 7 heteroatoms. The zero-order valence-electron chi connectivity index (χ0n) is 24.7. The number of hydrogen-bond acceptors (Lipinski definition) is 4. The molecule has 37 heavy (non-hydrogen) atoms. The van der Waals surface area contributed by atoms with Crippen molar-refractivity contribution in [1.82, 2.24) is 15.5 Å². The van der Waals surface area contributed by atoms with Crippen LogP contribution < -0.4 is 10.6 Å². The summed E-state index contributed by atoms with van der Waals surface area (Å²) in [6.45, 7) is 18.6. The van der Waals surface area contributed by atoms with Gasteiger partial charge in [-0.2, -0.15) is 0 Å². The number of alkyl carbamates (subject to hydrolysis) is 1. The molecule has 0 spiro atoms. The van der Waals surface area contributed by atoms with Crippen LogP contribution in [0, 0.1) is 19.8 Å². The van der Waals surface area contributed by atoms with Crippen molar-refractivity contribution in [2.45, 2.75) is 119 Å². The van der Waals surface area contributed by atoms with E-state index in [1.165, 1.54) is 0 Å². The third kappa shape index (κ3) is 11.1. The van der Waals surface area contributed by atoms with Gasteiger partial charge in [0.25, 0.3) is 0 Å². The minimum atomic E-state index is -0.799. The molecule has 0 fully saturated rings. The fourth-order valence-electron chi connectivity index (χ4n) is 4.24. The molecule has 1 aromatic rings. The molecular formula is C30H51N3O4. The first-order valence-electron chi connectivity index (χ1n) is 14.0. The second-order valence-electron chi connectivity index (χ2n) is 11.4. The van der Waals surface area contributed by atoms with Gasteiger partial charge in [0.15, 0.2) is 0 Å². The maximum Gasteiger partial charge on any atom is 0.408 e. The first-order valence-corrected chi connectivity index (χ1v) is 14.0. The van der Waals surface area contributed by atoms with E-state index in [1.54, 1.807) is 25.7 Å². The molecule has 0 aromatic heterocycles. The van der Waals surface area contributed by atoms with E-state index in [4.69, 9.17) is 4.74 Å². The molecule has 0 aliphatic heterocycles. The van der Waals surface area contributed by atoms with Crippen molar-refractivity contribution in [2.24, 2.45) is 5.92 Å². The van der Waals surface area contributed by atoms with Crippen molar-refractivity contribution in [3.63, 3.8) is 0 Å². The Labute approximate surface area is 225 Å². The zero-order chi connectivity index (χ0) is 28.2. The normalized spacial score (nSPS) is 13.1. The Kier molecular flexibility index (Phi) is 13.7. The molecule has 1 aromatic carbocycles. The fourth-order valence-corrected chi connectivity index (χ4v) is 4.24. The first-order chi connectivity index (χ1) is 17.3. The Morgan fingerprint density at radius 1 is 1.00 bits per heavy atom. The molecule has 210 valence electrons. The number of hydrogen-bond donors (Lipinski definition) is 2.